The molecule has 178 valence electrons. The van der Waals surface area contributed by atoms with Crippen LogP contribution >= 0.6 is 0 Å². The fourth-order valence-corrected chi connectivity index (χ4v) is 4.09. The molecule has 1 aliphatic heterocycles. The molecule has 0 aromatic heterocycles. The minimum absolute atomic E-state index is 0.0711. The Morgan fingerprint density at radius 3 is 2.50 bits per heavy atom. The molecule has 1 heterocycles. The van der Waals surface area contributed by atoms with Gasteiger partial charge in [0.05, 0.1) is 32.1 Å². The number of nitrogens with zero attached hydrogens (tertiary/aromatic N) is 2. The summed E-state index contributed by atoms with van der Waals surface area (Å²) in [6, 6.07) is 28.1. The molecule has 0 aliphatic carbocycles. The lowest BCUT2D eigenvalue weighted by molar-refractivity contribution is -0.00649. The van der Waals surface area contributed by atoms with Crippen LogP contribution in [0.15, 0.2) is 90.1 Å². The maximum atomic E-state index is 10.7. The van der Waals surface area contributed by atoms with Gasteiger partial charge in [0.1, 0.15) is 11.9 Å². The van der Waals surface area contributed by atoms with Gasteiger partial charge in [0.25, 0.3) is 0 Å². The highest BCUT2D eigenvalue weighted by molar-refractivity contribution is 6.01. The van der Waals surface area contributed by atoms with Gasteiger partial charge in [0.15, 0.2) is 0 Å². The van der Waals surface area contributed by atoms with Crippen LogP contribution in [-0.2, 0) is 22.7 Å². The van der Waals surface area contributed by atoms with Gasteiger partial charge in [-0.1, -0.05) is 78.0 Å². The molecule has 0 saturated carbocycles. The van der Waals surface area contributed by atoms with Gasteiger partial charge < -0.3 is 19.4 Å². The Morgan fingerprint density at radius 2 is 1.74 bits per heavy atom. The van der Waals surface area contributed by atoms with Gasteiger partial charge >= 0.3 is 0 Å². The Balaban J connectivity index is 1.35. The third-order valence-corrected chi connectivity index (χ3v) is 5.73. The van der Waals surface area contributed by atoms with E-state index in [0.29, 0.717) is 26.2 Å². The zero-order chi connectivity index (χ0) is 23.6. The fraction of sp³-hybridized carbons (Fsp3) is 0.321. The van der Waals surface area contributed by atoms with E-state index in [-0.39, 0.29) is 12.7 Å². The average Bonchev–Trinajstić information content (AvgIpc) is 3.34. The van der Waals surface area contributed by atoms with Crippen LogP contribution in [0.2, 0.25) is 0 Å². The molecule has 0 amide bonds. The van der Waals surface area contributed by atoms with E-state index in [9.17, 15) is 5.11 Å². The molecule has 0 spiro atoms. The van der Waals surface area contributed by atoms with Gasteiger partial charge in [-0.2, -0.15) is 0 Å². The predicted octanol–water partition coefficient (Wildman–Crippen LogP) is 4.27. The number of benzene rings is 3. The van der Waals surface area contributed by atoms with Crippen LogP contribution in [0, 0.1) is 0 Å². The highest BCUT2D eigenvalue weighted by Gasteiger charge is 2.25. The second kappa shape index (κ2) is 12.3. The van der Waals surface area contributed by atoms with Crippen LogP contribution in [0.5, 0.6) is 5.75 Å². The first-order valence-corrected chi connectivity index (χ1v) is 11.6. The lowest BCUT2D eigenvalue weighted by Crippen LogP contribution is -2.39. The zero-order valence-corrected chi connectivity index (χ0v) is 19.5. The van der Waals surface area contributed by atoms with Crippen molar-refractivity contribution in [1.82, 2.24) is 4.90 Å². The largest absolute Gasteiger partial charge is 0.497 e. The number of hydrogen-bond acceptors (Lipinski definition) is 6. The molecule has 0 fully saturated rings. The maximum Gasteiger partial charge on any atom is 0.145 e. The summed E-state index contributed by atoms with van der Waals surface area (Å²) < 4.78 is 11.1. The first-order valence-electron chi connectivity index (χ1n) is 11.6. The van der Waals surface area contributed by atoms with Crippen LogP contribution in [-0.4, -0.2) is 54.7 Å². The Bertz CT molecular complexity index is 1040. The van der Waals surface area contributed by atoms with E-state index in [1.807, 2.05) is 78.9 Å². The fourth-order valence-electron chi connectivity index (χ4n) is 4.09. The van der Waals surface area contributed by atoms with Gasteiger partial charge in [-0.05, 0) is 28.8 Å². The number of methoxy groups -OCH3 is 1. The minimum atomic E-state index is -0.620. The van der Waals surface area contributed by atoms with E-state index < -0.39 is 6.10 Å². The van der Waals surface area contributed by atoms with E-state index in [2.05, 4.69) is 16.1 Å². The highest BCUT2D eigenvalue weighted by Crippen LogP contribution is 2.20. The molecular formula is C28H32N2O4. The van der Waals surface area contributed by atoms with Gasteiger partial charge in [0, 0.05) is 26.1 Å². The molecule has 1 N–H and O–H groups in total. The normalized spacial score (nSPS) is 16.2. The van der Waals surface area contributed by atoms with E-state index >= 15 is 0 Å². The third-order valence-electron chi connectivity index (χ3n) is 5.73. The van der Waals surface area contributed by atoms with Crippen LogP contribution in [0.4, 0.5) is 0 Å². The molecule has 4 rings (SSSR count). The summed E-state index contributed by atoms with van der Waals surface area (Å²) in [5.41, 5.74) is 4.24. The summed E-state index contributed by atoms with van der Waals surface area (Å²) in [7, 11) is 1.67. The predicted molar refractivity (Wildman–Crippen MR) is 133 cm³/mol. The first kappa shape index (κ1) is 24.0. The van der Waals surface area contributed by atoms with Crippen LogP contribution in [0.1, 0.15) is 23.1 Å². The molecule has 6 heteroatoms. The Morgan fingerprint density at radius 1 is 1.00 bits per heavy atom. The number of rotatable bonds is 12. The molecule has 6 nitrogen and oxygen atoms in total. The summed E-state index contributed by atoms with van der Waals surface area (Å²) in [5.74, 6) is 0.816. The molecule has 34 heavy (non-hydrogen) atoms. The molecule has 3 aromatic carbocycles. The third kappa shape index (κ3) is 7.15. The first-order chi connectivity index (χ1) is 16.7. The lowest BCUT2D eigenvalue weighted by Gasteiger charge is -2.27. The van der Waals surface area contributed by atoms with Crippen molar-refractivity contribution >= 4 is 5.71 Å². The van der Waals surface area contributed by atoms with Crippen LogP contribution in [0.3, 0.4) is 0 Å². The van der Waals surface area contributed by atoms with Crippen molar-refractivity contribution in [2.24, 2.45) is 5.16 Å². The van der Waals surface area contributed by atoms with Gasteiger partial charge in [0.2, 0.25) is 0 Å². The maximum absolute atomic E-state index is 10.7. The number of aliphatic hydroxyl groups excluding tert-OH is 1. The van der Waals surface area contributed by atoms with Gasteiger partial charge in [-0.15, -0.1) is 0 Å². The average molecular weight is 461 g/mol. The molecule has 0 bridgehead atoms. The van der Waals surface area contributed by atoms with Crippen molar-refractivity contribution < 1.29 is 19.4 Å². The molecule has 3 aromatic rings. The van der Waals surface area contributed by atoms with Crippen molar-refractivity contribution in [3.8, 4) is 5.75 Å². The van der Waals surface area contributed by atoms with Crippen LogP contribution < -0.4 is 4.74 Å². The van der Waals surface area contributed by atoms with Crippen molar-refractivity contribution in [3.05, 3.63) is 102 Å². The van der Waals surface area contributed by atoms with Crippen molar-refractivity contribution in [2.45, 2.75) is 31.8 Å². The van der Waals surface area contributed by atoms with Gasteiger partial charge in [-0.25, -0.2) is 0 Å². The van der Waals surface area contributed by atoms with E-state index in [0.717, 1.165) is 34.6 Å². The number of ether oxygens (including phenoxy) is 2. The second-order valence-electron chi connectivity index (χ2n) is 8.54. The number of oxime groups is 1. The standard InChI is InChI=1S/C28H32N2O4/c1-32-26-14-8-11-23(15-26)17-30(18-25(31)21-33-20-22-9-4-2-5-10-22)19-27-16-28(29-34-27)24-12-6-3-7-13-24/h2-15,25,27,31H,16-21H2,1H3/t25-,27-/m1/s1. The highest BCUT2D eigenvalue weighted by atomic mass is 16.6. The van der Waals surface area contributed by atoms with Crippen molar-refractivity contribution in [1.29, 1.82) is 0 Å². The van der Waals surface area contributed by atoms with Crippen molar-refractivity contribution in [3.63, 3.8) is 0 Å². The number of aliphatic hydroxyl groups is 1. The molecule has 1 aliphatic rings. The van der Waals surface area contributed by atoms with E-state index in [1.54, 1.807) is 7.11 Å². The molecular weight excluding hydrogens is 428 g/mol. The SMILES string of the molecule is COc1cccc(CN(C[C@@H](O)COCc2ccccc2)C[C@H]2CC(c3ccccc3)=NO2)c1. The smallest absolute Gasteiger partial charge is 0.145 e. The quantitative estimate of drug-likeness (QED) is 0.437. The van der Waals surface area contributed by atoms with Crippen LogP contribution in [0.25, 0.3) is 0 Å². The Labute approximate surface area is 201 Å². The van der Waals surface area contributed by atoms with Gasteiger partial charge in [-0.3, -0.25) is 4.90 Å². The Hall–Kier alpha value is -3.19. The van der Waals surface area contributed by atoms with E-state index in [1.165, 1.54) is 0 Å². The molecule has 0 unspecified atom stereocenters. The second-order valence-corrected chi connectivity index (χ2v) is 8.54. The summed E-state index contributed by atoms with van der Waals surface area (Å²) in [4.78, 5) is 7.96. The summed E-state index contributed by atoms with van der Waals surface area (Å²) in [6.45, 7) is 2.52. The van der Waals surface area contributed by atoms with Crippen molar-refractivity contribution in [2.75, 3.05) is 26.8 Å². The summed E-state index contributed by atoms with van der Waals surface area (Å²) >= 11 is 0. The lowest BCUT2D eigenvalue weighted by atomic mass is 10.0. The Kier molecular flexibility index (Phi) is 8.68. The monoisotopic (exact) mass is 460 g/mol. The topological polar surface area (TPSA) is 63.5 Å². The zero-order valence-electron chi connectivity index (χ0n) is 19.5. The summed E-state index contributed by atoms with van der Waals surface area (Å²) in [6.07, 6.45) is 0.0441. The molecule has 0 radical (unpaired) electrons. The molecule has 0 saturated heterocycles. The summed E-state index contributed by atoms with van der Waals surface area (Å²) in [5, 5.41) is 15.0. The van der Waals surface area contributed by atoms with E-state index in [4.69, 9.17) is 14.3 Å². The molecule has 2 atom stereocenters. The minimum Gasteiger partial charge on any atom is -0.497 e. The number of hydrogen-bond donors (Lipinski definition) is 1.